The number of H-pyrrole nitrogens is 1. The molecule has 1 fully saturated rings. The lowest BCUT2D eigenvalue weighted by atomic mass is 10.3. The number of esters is 1. The molecule has 0 spiro atoms. The molecule has 4 heterocycles. The van der Waals surface area contributed by atoms with E-state index in [1.165, 1.54) is 34.2 Å². The fraction of sp³-hybridized carbons (Fsp3) is 0.389. The van der Waals surface area contributed by atoms with Gasteiger partial charge in [0.25, 0.3) is 11.5 Å². The highest BCUT2D eigenvalue weighted by atomic mass is 32.1. The predicted octanol–water partition coefficient (Wildman–Crippen LogP) is 1.63. The molecule has 1 saturated heterocycles. The minimum absolute atomic E-state index is 0.117. The van der Waals surface area contributed by atoms with E-state index in [1.807, 2.05) is 6.92 Å². The SMILES string of the molecule is CCc1nn2c(=O)cc(COC(=O)c3c[nH]c(C(=O)N4CCCC4)c3)nc2s1. The summed E-state index contributed by atoms with van der Waals surface area (Å²) >= 11 is 1.33. The fourth-order valence-corrected chi connectivity index (χ4v) is 3.92. The third-order valence-electron chi connectivity index (χ3n) is 4.54. The van der Waals surface area contributed by atoms with Crippen molar-refractivity contribution in [3.8, 4) is 0 Å². The van der Waals surface area contributed by atoms with E-state index < -0.39 is 5.97 Å². The maximum absolute atomic E-state index is 12.3. The second-order valence-corrected chi connectivity index (χ2v) is 7.55. The van der Waals surface area contributed by atoms with Crippen LogP contribution in [0.4, 0.5) is 0 Å². The van der Waals surface area contributed by atoms with Crippen molar-refractivity contribution in [3.05, 3.63) is 50.6 Å². The summed E-state index contributed by atoms with van der Waals surface area (Å²) in [5, 5.41) is 4.99. The van der Waals surface area contributed by atoms with E-state index in [2.05, 4.69) is 15.1 Å². The monoisotopic (exact) mass is 401 g/mol. The summed E-state index contributed by atoms with van der Waals surface area (Å²) in [6, 6.07) is 2.80. The van der Waals surface area contributed by atoms with Gasteiger partial charge in [-0.1, -0.05) is 18.3 Å². The number of fused-ring (bicyclic) bond motifs is 1. The second-order valence-electron chi connectivity index (χ2n) is 6.51. The number of aryl methyl sites for hydroxylation is 1. The highest BCUT2D eigenvalue weighted by Crippen LogP contribution is 2.15. The molecule has 0 bridgehead atoms. The number of aromatic amines is 1. The highest BCUT2D eigenvalue weighted by molar-refractivity contribution is 7.16. The molecule has 1 amide bonds. The number of aromatic nitrogens is 4. The summed E-state index contributed by atoms with van der Waals surface area (Å²) in [5.74, 6) is -0.703. The average Bonchev–Trinajstić information content (AvgIpc) is 3.45. The van der Waals surface area contributed by atoms with Gasteiger partial charge in [-0.15, -0.1) is 0 Å². The molecular formula is C18H19N5O4S. The Balaban J connectivity index is 1.44. The molecule has 0 aliphatic carbocycles. The molecule has 1 aliphatic rings. The van der Waals surface area contributed by atoms with Crippen LogP contribution in [0.2, 0.25) is 0 Å². The largest absolute Gasteiger partial charge is 0.456 e. The van der Waals surface area contributed by atoms with Crippen LogP contribution in [0, 0.1) is 0 Å². The molecule has 28 heavy (non-hydrogen) atoms. The first-order valence-corrected chi connectivity index (χ1v) is 9.90. The maximum Gasteiger partial charge on any atom is 0.340 e. The van der Waals surface area contributed by atoms with Gasteiger partial charge >= 0.3 is 5.97 Å². The number of likely N-dealkylation sites (tertiary alicyclic amines) is 1. The van der Waals surface area contributed by atoms with Crippen molar-refractivity contribution >= 4 is 28.2 Å². The molecule has 0 atom stereocenters. The van der Waals surface area contributed by atoms with Crippen LogP contribution in [0.3, 0.4) is 0 Å². The van der Waals surface area contributed by atoms with E-state index in [9.17, 15) is 14.4 Å². The van der Waals surface area contributed by atoms with Gasteiger partial charge in [-0.2, -0.15) is 9.61 Å². The van der Waals surface area contributed by atoms with Crippen LogP contribution < -0.4 is 5.56 Å². The van der Waals surface area contributed by atoms with Crippen molar-refractivity contribution in [2.24, 2.45) is 0 Å². The van der Waals surface area contributed by atoms with Gasteiger partial charge in [-0.25, -0.2) is 9.78 Å². The third-order valence-corrected chi connectivity index (χ3v) is 5.59. The van der Waals surface area contributed by atoms with Gasteiger partial charge in [0.15, 0.2) is 0 Å². The molecule has 3 aromatic heterocycles. The first-order chi connectivity index (χ1) is 13.5. The number of hydrogen-bond donors (Lipinski definition) is 1. The minimum Gasteiger partial charge on any atom is -0.456 e. The molecule has 0 saturated carbocycles. The Labute approximate surface area is 164 Å². The molecule has 1 N–H and O–H groups in total. The third kappa shape index (κ3) is 3.55. The topological polar surface area (TPSA) is 110 Å². The number of nitrogens with zero attached hydrogens (tertiary/aromatic N) is 4. The summed E-state index contributed by atoms with van der Waals surface area (Å²) in [6.45, 7) is 3.28. The molecule has 9 nitrogen and oxygen atoms in total. The van der Waals surface area contributed by atoms with Crippen LogP contribution in [0.5, 0.6) is 0 Å². The molecule has 0 unspecified atom stereocenters. The highest BCUT2D eigenvalue weighted by Gasteiger charge is 2.22. The van der Waals surface area contributed by atoms with E-state index in [0.717, 1.165) is 30.9 Å². The predicted molar refractivity (Wildman–Crippen MR) is 102 cm³/mol. The number of carbonyl (C=O) groups excluding carboxylic acids is 2. The van der Waals surface area contributed by atoms with Crippen molar-refractivity contribution in [3.63, 3.8) is 0 Å². The molecule has 3 aromatic rings. The molecule has 146 valence electrons. The second kappa shape index (κ2) is 7.55. The Morgan fingerprint density at radius 1 is 1.29 bits per heavy atom. The zero-order valence-electron chi connectivity index (χ0n) is 15.3. The molecule has 0 aromatic carbocycles. The molecule has 0 radical (unpaired) electrons. The molecule has 1 aliphatic heterocycles. The zero-order chi connectivity index (χ0) is 19.7. The first kappa shape index (κ1) is 18.4. The quantitative estimate of drug-likeness (QED) is 0.651. The van der Waals surface area contributed by atoms with Crippen molar-refractivity contribution < 1.29 is 14.3 Å². The minimum atomic E-state index is -0.586. The van der Waals surface area contributed by atoms with E-state index in [1.54, 1.807) is 4.90 Å². The Hall–Kier alpha value is -3.01. The number of carbonyl (C=O) groups is 2. The number of hydrogen-bond acceptors (Lipinski definition) is 7. The lowest BCUT2D eigenvalue weighted by Gasteiger charge is -2.13. The van der Waals surface area contributed by atoms with Gasteiger partial charge in [-0.3, -0.25) is 9.59 Å². The molecule has 10 heteroatoms. The Morgan fingerprint density at radius 3 is 2.82 bits per heavy atom. The van der Waals surface area contributed by atoms with Gasteiger partial charge < -0.3 is 14.6 Å². The van der Waals surface area contributed by atoms with Crippen LogP contribution in [-0.2, 0) is 17.8 Å². The summed E-state index contributed by atoms with van der Waals surface area (Å²) in [6.07, 6.45) is 4.16. The summed E-state index contributed by atoms with van der Waals surface area (Å²) in [5.41, 5.74) is 0.662. The average molecular weight is 401 g/mol. The van der Waals surface area contributed by atoms with E-state index in [0.29, 0.717) is 22.8 Å². The standard InChI is InChI=1S/C18H19N5O4S/c1-2-14-21-23-15(24)8-12(20-18(23)28-14)10-27-17(26)11-7-13(19-9-11)16(25)22-5-3-4-6-22/h7-9,19H,2-6,10H2,1H3. The van der Waals surface area contributed by atoms with Crippen LogP contribution in [0.25, 0.3) is 4.96 Å². The van der Waals surface area contributed by atoms with Gasteiger partial charge in [0.05, 0.1) is 11.3 Å². The van der Waals surface area contributed by atoms with Gasteiger partial charge in [0.1, 0.15) is 17.3 Å². The fourth-order valence-electron chi connectivity index (χ4n) is 3.06. The zero-order valence-corrected chi connectivity index (χ0v) is 16.1. The molecular weight excluding hydrogens is 382 g/mol. The lowest BCUT2D eigenvalue weighted by molar-refractivity contribution is 0.0468. The summed E-state index contributed by atoms with van der Waals surface area (Å²) < 4.78 is 6.51. The van der Waals surface area contributed by atoms with Crippen molar-refractivity contribution in [2.75, 3.05) is 13.1 Å². The van der Waals surface area contributed by atoms with Crippen LogP contribution in [0.1, 0.15) is 51.3 Å². The van der Waals surface area contributed by atoms with Crippen LogP contribution in [-0.4, -0.2) is 49.4 Å². The Kier molecular flexibility index (Phi) is 4.95. The number of amides is 1. The first-order valence-electron chi connectivity index (χ1n) is 9.08. The maximum atomic E-state index is 12.3. The van der Waals surface area contributed by atoms with Gasteiger partial charge in [-0.05, 0) is 25.3 Å². The smallest absolute Gasteiger partial charge is 0.340 e. The number of rotatable bonds is 5. The number of nitrogens with one attached hydrogen (secondary N) is 1. The summed E-state index contributed by atoms with van der Waals surface area (Å²) in [4.78, 5) is 46.1. The summed E-state index contributed by atoms with van der Waals surface area (Å²) in [7, 11) is 0. The van der Waals surface area contributed by atoms with E-state index in [4.69, 9.17) is 4.74 Å². The Bertz CT molecular complexity index is 1090. The van der Waals surface area contributed by atoms with Crippen molar-refractivity contribution in [2.45, 2.75) is 32.8 Å². The van der Waals surface area contributed by atoms with Crippen molar-refractivity contribution in [1.29, 1.82) is 0 Å². The van der Waals surface area contributed by atoms with Gasteiger partial charge in [0.2, 0.25) is 4.96 Å². The van der Waals surface area contributed by atoms with Crippen LogP contribution in [0.15, 0.2) is 23.1 Å². The Morgan fingerprint density at radius 2 is 2.07 bits per heavy atom. The molecule has 4 rings (SSSR count). The number of ether oxygens (including phenoxy) is 1. The lowest BCUT2D eigenvalue weighted by Crippen LogP contribution is -2.27. The van der Waals surface area contributed by atoms with Gasteiger partial charge in [0, 0.05) is 25.4 Å². The van der Waals surface area contributed by atoms with E-state index in [-0.39, 0.29) is 23.6 Å². The van der Waals surface area contributed by atoms with E-state index >= 15 is 0 Å². The normalized spacial score (nSPS) is 14.0. The van der Waals surface area contributed by atoms with Crippen LogP contribution >= 0.6 is 11.3 Å². The van der Waals surface area contributed by atoms with Crippen molar-refractivity contribution in [1.82, 2.24) is 24.5 Å².